The number of hydrogen-bond acceptors (Lipinski definition) is 5. The van der Waals surface area contributed by atoms with E-state index in [0.29, 0.717) is 0 Å². The number of anilines is 1. The van der Waals surface area contributed by atoms with Crippen LogP contribution in [0.2, 0.25) is 0 Å². The van der Waals surface area contributed by atoms with E-state index in [-0.39, 0.29) is 0 Å². The summed E-state index contributed by atoms with van der Waals surface area (Å²) in [5.74, 6) is 1.72. The molecule has 0 amide bonds. The molecular formula is C10H15N5S. The molecule has 1 N–H and O–H groups in total. The Balaban J connectivity index is 2.41. The van der Waals surface area contributed by atoms with Gasteiger partial charge in [-0.05, 0) is 20.8 Å². The van der Waals surface area contributed by atoms with Gasteiger partial charge in [0.25, 0.3) is 0 Å². The molecule has 0 spiro atoms. The van der Waals surface area contributed by atoms with E-state index in [9.17, 15) is 0 Å². The van der Waals surface area contributed by atoms with Crippen LogP contribution < -0.4 is 5.32 Å². The second-order valence-corrected chi connectivity index (χ2v) is 4.60. The molecule has 0 bridgehead atoms. The zero-order valence-electron chi connectivity index (χ0n) is 9.69. The first kappa shape index (κ1) is 11.1. The minimum Gasteiger partial charge on any atom is -0.355 e. The summed E-state index contributed by atoms with van der Waals surface area (Å²) in [4.78, 5) is 5.31. The second kappa shape index (κ2) is 4.61. The minimum absolute atomic E-state index is 0.825. The normalized spacial score (nSPS) is 10.7. The molecule has 2 aromatic heterocycles. The van der Waals surface area contributed by atoms with E-state index in [2.05, 4.69) is 32.0 Å². The summed E-state index contributed by atoms with van der Waals surface area (Å²) in [6.45, 7) is 7.82. The Morgan fingerprint density at radius 3 is 2.75 bits per heavy atom. The molecule has 0 atom stereocenters. The largest absolute Gasteiger partial charge is 0.355 e. The van der Waals surface area contributed by atoms with Gasteiger partial charge in [0.15, 0.2) is 5.82 Å². The van der Waals surface area contributed by atoms with Crippen molar-refractivity contribution in [1.82, 2.24) is 19.7 Å². The van der Waals surface area contributed by atoms with E-state index in [0.717, 1.165) is 34.7 Å². The van der Waals surface area contributed by atoms with E-state index >= 15 is 0 Å². The molecule has 6 heteroatoms. The van der Waals surface area contributed by atoms with E-state index in [1.807, 2.05) is 20.0 Å². The Hall–Kier alpha value is -1.43. The van der Waals surface area contributed by atoms with Crippen molar-refractivity contribution in [3.05, 3.63) is 11.2 Å². The molecule has 0 aliphatic carbocycles. The van der Waals surface area contributed by atoms with Crippen LogP contribution in [0.15, 0.2) is 6.20 Å². The Morgan fingerprint density at radius 1 is 1.38 bits per heavy atom. The van der Waals surface area contributed by atoms with Crippen LogP contribution >= 0.6 is 11.3 Å². The van der Waals surface area contributed by atoms with Gasteiger partial charge in [0.1, 0.15) is 0 Å². The van der Waals surface area contributed by atoms with E-state index in [4.69, 9.17) is 0 Å². The van der Waals surface area contributed by atoms with Gasteiger partial charge < -0.3 is 5.32 Å². The number of nitrogens with zero attached hydrogens (tertiary/aromatic N) is 4. The number of aryl methyl sites for hydroxylation is 1. The second-order valence-electron chi connectivity index (χ2n) is 3.37. The summed E-state index contributed by atoms with van der Waals surface area (Å²) in [5, 5.41) is 12.6. The molecule has 2 rings (SSSR count). The van der Waals surface area contributed by atoms with Gasteiger partial charge in [-0.1, -0.05) is 0 Å². The van der Waals surface area contributed by atoms with Crippen molar-refractivity contribution in [2.45, 2.75) is 27.3 Å². The van der Waals surface area contributed by atoms with Crippen LogP contribution in [-0.4, -0.2) is 26.3 Å². The van der Waals surface area contributed by atoms with Crippen molar-refractivity contribution in [3.8, 4) is 10.7 Å². The first-order valence-corrected chi connectivity index (χ1v) is 6.17. The third kappa shape index (κ3) is 1.92. The van der Waals surface area contributed by atoms with E-state index in [1.54, 1.807) is 11.3 Å². The number of rotatable bonds is 4. The standard InChI is InChI=1S/C10H15N5S/c1-4-11-10-14-13-9(15(10)5-2)8-6-12-7(3)16-8/h6H,4-5H2,1-3H3,(H,11,14). The molecule has 0 saturated carbocycles. The van der Waals surface area contributed by atoms with Crippen LogP contribution in [0, 0.1) is 6.92 Å². The molecule has 0 aliphatic heterocycles. The molecule has 2 heterocycles. The molecule has 0 aliphatic rings. The number of aromatic nitrogens is 4. The lowest BCUT2D eigenvalue weighted by Crippen LogP contribution is -2.06. The molecular weight excluding hydrogens is 222 g/mol. The Kier molecular flexibility index (Phi) is 3.19. The molecule has 2 aromatic rings. The van der Waals surface area contributed by atoms with Crippen LogP contribution in [0.5, 0.6) is 0 Å². The summed E-state index contributed by atoms with van der Waals surface area (Å²) >= 11 is 1.64. The van der Waals surface area contributed by atoms with Gasteiger partial charge in [-0.2, -0.15) is 0 Å². The van der Waals surface area contributed by atoms with E-state index in [1.165, 1.54) is 0 Å². The van der Waals surface area contributed by atoms with Gasteiger partial charge in [0.2, 0.25) is 5.95 Å². The predicted molar refractivity (Wildman–Crippen MR) is 65.7 cm³/mol. The Labute approximate surface area is 98.5 Å². The maximum Gasteiger partial charge on any atom is 0.224 e. The zero-order valence-corrected chi connectivity index (χ0v) is 10.5. The van der Waals surface area contributed by atoms with Crippen molar-refractivity contribution in [3.63, 3.8) is 0 Å². The molecule has 0 aromatic carbocycles. The maximum absolute atomic E-state index is 4.24. The van der Waals surface area contributed by atoms with Crippen molar-refractivity contribution in [2.24, 2.45) is 0 Å². The van der Waals surface area contributed by atoms with Crippen LogP contribution in [0.25, 0.3) is 10.7 Å². The molecule has 0 saturated heterocycles. The summed E-state index contributed by atoms with van der Waals surface area (Å²) in [6.07, 6.45) is 1.85. The summed E-state index contributed by atoms with van der Waals surface area (Å²) in [6, 6.07) is 0. The lowest BCUT2D eigenvalue weighted by molar-refractivity contribution is 0.771. The number of hydrogen-bond donors (Lipinski definition) is 1. The third-order valence-corrected chi connectivity index (χ3v) is 3.15. The SMILES string of the molecule is CCNc1nnc(-c2cnc(C)s2)n1CC. The number of thiazole rings is 1. The average molecular weight is 237 g/mol. The maximum atomic E-state index is 4.24. The van der Waals surface area contributed by atoms with Gasteiger partial charge >= 0.3 is 0 Å². The van der Waals surface area contributed by atoms with E-state index < -0.39 is 0 Å². The summed E-state index contributed by atoms with van der Waals surface area (Å²) in [7, 11) is 0. The average Bonchev–Trinajstić information content (AvgIpc) is 2.85. The summed E-state index contributed by atoms with van der Waals surface area (Å²) in [5.41, 5.74) is 0. The highest BCUT2D eigenvalue weighted by molar-refractivity contribution is 7.14. The molecule has 0 fully saturated rings. The van der Waals surface area contributed by atoms with Crippen LogP contribution in [0.1, 0.15) is 18.9 Å². The van der Waals surface area contributed by atoms with Gasteiger partial charge in [0.05, 0.1) is 9.88 Å². The van der Waals surface area contributed by atoms with Crippen molar-refractivity contribution >= 4 is 17.3 Å². The molecule has 0 radical (unpaired) electrons. The molecule has 5 nitrogen and oxygen atoms in total. The van der Waals surface area contributed by atoms with Gasteiger partial charge in [0, 0.05) is 19.3 Å². The summed E-state index contributed by atoms with van der Waals surface area (Å²) < 4.78 is 2.07. The fraction of sp³-hybridized carbons (Fsp3) is 0.500. The first-order valence-electron chi connectivity index (χ1n) is 5.36. The van der Waals surface area contributed by atoms with Gasteiger partial charge in [-0.3, -0.25) is 4.57 Å². The quantitative estimate of drug-likeness (QED) is 0.885. The highest BCUT2D eigenvalue weighted by Crippen LogP contribution is 2.25. The third-order valence-electron chi connectivity index (χ3n) is 2.24. The fourth-order valence-corrected chi connectivity index (χ4v) is 2.31. The van der Waals surface area contributed by atoms with Crippen LogP contribution in [0.3, 0.4) is 0 Å². The smallest absolute Gasteiger partial charge is 0.224 e. The Morgan fingerprint density at radius 2 is 2.19 bits per heavy atom. The first-order chi connectivity index (χ1) is 7.76. The molecule has 16 heavy (non-hydrogen) atoms. The Bertz CT molecular complexity index is 473. The zero-order chi connectivity index (χ0) is 11.5. The molecule has 0 unspecified atom stereocenters. The highest BCUT2D eigenvalue weighted by atomic mass is 32.1. The lowest BCUT2D eigenvalue weighted by atomic mass is 10.5. The minimum atomic E-state index is 0.825. The van der Waals surface area contributed by atoms with Gasteiger partial charge in [-0.15, -0.1) is 21.5 Å². The lowest BCUT2D eigenvalue weighted by Gasteiger charge is -2.06. The van der Waals surface area contributed by atoms with Gasteiger partial charge in [-0.25, -0.2) is 4.98 Å². The van der Waals surface area contributed by atoms with Crippen molar-refractivity contribution in [2.75, 3.05) is 11.9 Å². The van der Waals surface area contributed by atoms with Crippen LogP contribution in [0.4, 0.5) is 5.95 Å². The van der Waals surface area contributed by atoms with Crippen molar-refractivity contribution < 1.29 is 0 Å². The van der Waals surface area contributed by atoms with Crippen molar-refractivity contribution in [1.29, 1.82) is 0 Å². The predicted octanol–water partition coefficient (Wildman–Crippen LogP) is 2.16. The highest BCUT2D eigenvalue weighted by Gasteiger charge is 2.13. The van der Waals surface area contributed by atoms with Crippen LogP contribution in [-0.2, 0) is 6.54 Å². The number of nitrogens with one attached hydrogen (secondary N) is 1. The monoisotopic (exact) mass is 237 g/mol. The topological polar surface area (TPSA) is 55.6 Å². The molecule has 86 valence electrons. The fourth-order valence-electron chi connectivity index (χ4n) is 1.54.